The van der Waals surface area contributed by atoms with Crippen LogP contribution < -0.4 is 5.73 Å². The van der Waals surface area contributed by atoms with Crippen LogP contribution in [0.4, 0.5) is 0 Å². The van der Waals surface area contributed by atoms with Crippen molar-refractivity contribution in [2.24, 2.45) is 5.73 Å². The van der Waals surface area contributed by atoms with Gasteiger partial charge in [-0.25, -0.2) is 0 Å². The number of aromatic nitrogens is 2. The molecule has 1 saturated carbocycles. The number of methoxy groups -OCH3 is 1. The van der Waals surface area contributed by atoms with Crippen molar-refractivity contribution in [1.29, 1.82) is 0 Å². The Morgan fingerprint density at radius 3 is 2.90 bits per heavy atom. The van der Waals surface area contributed by atoms with Gasteiger partial charge in [0.1, 0.15) is 6.54 Å². The second kappa shape index (κ2) is 5.56. The number of hydrogen-bond acceptors (Lipinski definition) is 4. The number of carbonyl (C=O) groups excluding carboxylic acids is 1. The van der Waals surface area contributed by atoms with Gasteiger partial charge in [0.25, 0.3) is 0 Å². The average Bonchev–Trinajstić information content (AvgIpc) is 3.23. The SMILES string of the molecule is COC(=O)Cn1nc(C2CC2)c2c1CCCC2CCN. The zero-order chi connectivity index (χ0) is 14.1. The maximum atomic E-state index is 11.6. The number of rotatable bonds is 5. The fraction of sp³-hybridized carbons (Fsp3) is 0.733. The molecule has 0 aromatic carbocycles. The molecule has 1 fully saturated rings. The monoisotopic (exact) mass is 277 g/mol. The molecular formula is C15H23N3O2. The molecule has 0 aliphatic heterocycles. The summed E-state index contributed by atoms with van der Waals surface area (Å²) in [4.78, 5) is 11.6. The Balaban J connectivity index is 1.96. The summed E-state index contributed by atoms with van der Waals surface area (Å²) < 4.78 is 6.67. The van der Waals surface area contributed by atoms with Gasteiger partial charge in [-0.3, -0.25) is 9.48 Å². The van der Waals surface area contributed by atoms with E-state index in [1.54, 1.807) is 0 Å². The molecule has 1 heterocycles. The molecule has 0 radical (unpaired) electrons. The van der Waals surface area contributed by atoms with Crippen LogP contribution in [0.15, 0.2) is 0 Å². The number of ether oxygens (including phenoxy) is 1. The second-order valence-electron chi connectivity index (χ2n) is 5.92. The van der Waals surface area contributed by atoms with Gasteiger partial charge < -0.3 is 10.5 Å². The van der Waals surface area contributed by atoms with E-state index in [9.17, 15) is 4.79 Å². The van der Waals surface area contributed by atoms with Crippen molar-refractivity contribution in [1.82, 2.24) is 9.78 Å². The number of esters is 1. The minimum absolute atomic E-state index is 0.224. The summed E-state index contributed by atoms with van der Waals surface area (Å²) in [6.07, 6.45) is 6.88. The number of hydrogen-bond donors (Lipinski definition) is 1. The normalized spacial score (nSPS) is 21.6. The average molecular weight is 277 g/mol. The molecule has 2 aliphatic carbocycles. The zero-order valence-corrected chi connectivity index (χ0v) is 12.1. The van der Waals surface area contributed by atoms with E-state index in [1.807, 2.05) is 4.68 Å². The quantitative estimate of drug-likeness (QED) is 0.832. The van der Waals surface area contributed by atoms with Crippen LogP contribution in [0, 0.1) is 0 Å². The van der Waals surface area contributed by atoms with E-state index in [0.29, 0.717) is 11.8 Å². The van der Waals surface area contributed by atoms with Crippen molar-refractivity contribution in [3.63, 3.8) is 0 Å². The van der Waals surface area contributed by atoms with Gasteiger partial charge in [-0.05, 0) is 56.6 Å². The highest BCUT2D eigenvalue weighted by atomic mass is 16.5. The first-order valence-electron chi connectivity index (χ1n) is 7.61. The second-order valence-corrected chi connectivity index (χ2v) is 5.92. The number of nitrogens with two attached hydrogens (primary N) is 1. The van der Waals surface area contributed by atoms with Gasteiger partial charge in [0.2, 0.25) is 0 Å². The third-order valence-corrected chi connectivity index (χ3v) is 4.49. The van der Waals surface area contributed by atoms with Crippen molar-refractivity contribution in [3.8, 4) is 0 Å². The van der Waals surface area contributed by atoms with E-state index >= 15 is 0 Å². The highest BCUT2D eigenvalue weighted by Gasteiger charge is 2.36. The Kier molecular flexibility index (Phi) is 3.78. The summed E-state index contributed by atoms with van der Waals surface area (Å²) in [6, 6.07) is 0. The van der Waals surface area contributed by atoms with E-state index in [0.717, 1.165) is 25.8 Å². The first-order valence-corrected chi connectivity index (χ1v) is 7.61. The summed E-state index contributed by atoms with van der Waals surface area (Å²) in [5.41, 5.74) is 9.67. The highest BCUT2D eigenvalue weighted by Crippen LogP contribution is 2.46. The molecule has 1 unspecified atom stereocenters. The minimum atomic E-state index is -0.224. The van der Waals surface area contributed by atoms with Crippen molar-refractivity contribution >= 4 is 5.97 Å². The van der Waals surface area contributed by atoms with E-state index in [4.69, 9.17) is 15.6 Å². The molecular weight excluding hydrogens is 254 g/mol. The van der Waals surface area contributed by atoms with Gasteiger partial charge in [-0.2, -0.15) is 5.10 Å². The highest BCUT2D eigenvalue weighted by molar-refractivity contribution is 5.69. The van der Waals surface area contributed by atoms with E-state index in [1.165, 1.54) is 43.3 Å². The molecule has 5 heteroatoms. The molecule has 3 rings (SSSR count). The maximum absolute atomic E-state index is 11.6. The molecule has 0 spiro atoms. The predicted molar refractivity (Wildman–Crippen MR) is 75.6 cm³/mol. The first-order chi connectivity index (χ1) is 9.74. The lowest BCUT2D eigenvalue weighted by atomic mass is 9.82. The van der Waals surface area contributed by atoms with Crippen molar-refractivity contribution in [3.05, 3.63) is 17.0 Å². The molecule has 1 aromatic rings. The number of carbonyl (C=O) groups is 1. The smallest absolute Gasteiger partial charge is 0.327 e. The Hall–Kier alpha value is -1.36. The van der Waals surface area contributed by atoms with Gasteiger partial charge in [0.15, 0.2) is 0 Å². The van der Waals surface area contributed by atoms with Crippen molar-refractivity contribution < 1.29 is 9.53 Å². The zero-order valence-electron chi connectivity index (χ0n) is 12.1. The maximum Gasteiger partial charge on any atom is 0.327 e. The van der Waals surface area contributed by atoms with Crippen LogP contribution >= 0.6 is 0 Å². The first kappa shape index (κ1) is 13.6. The Bertz CT molecular complexity index is 505. The van der Waals surface area contributed by atoms with Crippen LogP contribution in [-0.4, -0.2) is 29.4 Å². The molecule has 1 aromatic heterocycles. The van der Waals surface area contributed by atoms with Crippen LogP contribution in [0.3, 0.4) is 0 Å². The van der Waals surface area contributed by atoms with Crippen LogP contribution in [0.25, 0.3) is 0 Å². The largest absolute Gasteiger partial charge is 0.468 e. The van der Waals surface area contributed by atoms with Crippen LogP contribution in [0.1, 0.15) is 60.9 Å². The van der Waals surface area contributed by atoms with Gasteiger partial charge in [0.05, 0.1) is 12.8 Å². The number of nitrogens with zero attached hydrogens (tertiary/aromatic N) is 2. The lowest BCUT2D eigenvalue weighted by Crippen LogP contribution is -2.19. The molecule has 20 heavy (non-hydrogen) atoms. The van der Waals surface area contributed by atoms with Crippen LogP contribution in [0.2, 0.25) is 0 Å². The fourth-order valence-corrected chi connectivity index (χ4v) is 3.37. The standard InChI is InChI=1S/C15H23N3O2/c1-20-13(19)9-18-12-4-2-3-10(7-8-16)14(12)15(17-18)11-5-6-11/h10-11H,2-9,16H2,1H3. The Labute approximate surface area is 119 Å². The summed E-state index contributed by atoms with van der Waals surface area (Å²) in [7, 11) is 1.43. The predicted octanol–water partition coefficient (Wildman–Crippen LogP) is 1.70. The topological polar surface area (TPSA) is 70.1 Å². The molecule has 2 N–H and O–H groups in total. The lowest BCUT2D eigenvalue weighted by molar-refractivity contribution is -0.141. The van der Waals surface area contributed by atoms with Crippen LogP contribution in [-0.2, 0) is 22.5 Å². The van der Waals surface area contributed by atoms with Crippen molar-refractivity contribution in [2.45, 2.75) is 56.9 Å². The fourth-order valence-electron chi connectivity index (χ4n) is 3.37. The summed E-state index contributed by atoms with van der Waals surface area (Å²) in [5.74, 6) is 0.922. The third-order valence-electron chi connectivity index (χ3n) is 4.49. The summed E-state index contributed by atoms with van der Waals surface area (Å²) in [5, 5.41) is 4.75. The lowest BCUT2D eigenvalue weighted by Gasteiger charge is -2.23. The Morgan fingerprint density at radius 2 is 2.25 bits per heavy atom. The van der Waals surface area contributed by atoms with E-state index < -0.39 is 0 Å². The molecule has 5 nitrogen and oxygen atoms in total. The minimum Gasteiger partial charge on any atom is -0.468 e. The van der Waals surface area contributed by atoms with Gasteiger partial charge in [-0.15, -0.1) is 0 Å². The van der Waals surface area contributed by atoms with Crippen LogP contribution in [0.5, 0.6) is 0 Å². The summed E-state index contributed by atoms with van der Waals surface area (Å²) >= 11 is 0. The van der Waals surface area contributed by atoms with E-state index in [-0.39, 0.29) is 12.5 Å². The van der Waals surface area contributed by atoms with E-state index in [2.05, 4.69) is 0 Å². The van der Waals surface area contributed by atoms with Gasteiger partial charge in [-0.1, -0.05) is 0 Å². The molecule has 0 amide bonds. The summed E-state index contributed by atoms with van der Waals surface area (Å²) in [6.45, 7) is 0.956. The number of fused-ring (bicyclic) bond motifs is 1. The molecule has 2 aliphatic rings. The molecule has 0 bridgehead atoms. The third kappa shape index (κ3) is 2.46. The van der Waals surface area contributed by atoms with Gasteiger partial charge in [0, 0.05) is 11.6 Å². The molecule has 0 saturated heterocycles. The molecule has 1 atom stereocenters. The molecule has 110 valence electrons. The van der Waals surface area contributed by atoms with Gasteiger partial charge >= 0.3 is 5.97 Å². The Morgan fingerprint density at radius 1 is 1.45 bits per heavy atom. The van der Waals surface area contributed by atoms with Crippen molar-refractivity contribution in [2.75, 3.05) is 13.7 Å².